The average Bonchev–Trinajstić information content (AvgIpc) is 2.94. The zero-order valence-corrected chi connectivity index (χ0v) is 15.1. The minimum atomic E-state index is -0.715. The first-order valence-electron chi connectivity index (χ1n) is 9.14. The normalized spacial score (nSPS) is 23.1. The maximum absolute atomic E-state index is 12.7. The van der Waals surface area contributed by atoms with E-state index in [1.165, 1.54) is 0 Å². The van der Waals surface area contributed by atoms with Crippen LogP contribution >= 0.6 is 0 Å². The molecule has 2 aliphatic rings. The number of rotatable bonds is 4. The van der Waals surface area contributed by atoms with Crippen molar-refractivity contribution in [2.75, 3.05) is 26.2 Å². The molecular formula is C19H27N3O3. The topological polar surface area (TPSA) is 73.7 Å². The molecule has 25 heavy (non-hydrogen) atoms. The van der Waals surface area contributed by atoms with Crippen LogP contribution in [0.3, 0.4) is 0 Å². The molecule has 3 rings (SSSR count). The van der Waals surface area contributed by atoms with E-state index < -0.39 is 5.97 Å². The van der Waals surface area contributed by atoms with Gasteiger partial charge in [0.15, 0.2) is 0 Å². The number of hydrogen-bond acceptors (Lipinski definition) is 4. The summed E-state index contributed by atoms with van der Waals surface area (Å²) in [4.78, 5) is 32.6. The molecule has 0 aliphatic carbocycles. The summed E-state index contributed by atoms with van der Waals surface area (Å²) >= 11 is 0. The van der Waals surface area contributed by atoms with Crippen LogP contribution in [0.15, 0.2) is 18.2 Å². The number of likely N-dealkylation sites (tertiary alicyclic amines) is 2. The lowest BCUT2D eigenvalue weighted by Gasteiger charge is -2.39. The monoisotopic (exact) mass is 345 g/mol. The summed E-state index contributed by atoms with van der Waals surface area (Å²) in [7, 11) is 0. The quantitative estimate of drug-likeness (QED) is 0.905. The first kappa shape index (κ1) is 17.9. The lowest BCUT2D eigenvalue weighted by Crippen LogP contribution is -2.44. The zero-order chi connectivity index (χ0) is 18.0. The molecule has 1 N–H and O–H groups in total. The van der Waals surface area contributed by atoms with E-state index in [1.54, 1.807) is 6.07 Å². The van der Waals surface area contributed by atoms with Gasteiger partial charge in [0.1, 0.15) is 11.7 Å². The fourth-order valence-corrected chi connectivity index (χ4v) is 4.28. The summed E-state index contributed by atoms with van der Waals surface area (Å²) in [6.45, 7) is 6.99. The second-order valence-corrected chi connectivity index (χ2v) is 7.49. The van der Waals surface area contributed by atoms with E-state index in [0.717, 1.165) is 38.0 Å². The zero-order valence-electron chi connectivity index (χ0n) is 15.1. The molecule has 2 saturated heterocycles. The predicted molar refractivity (Wildman–Crippen MR) is 94.4 cm³/mol. The van der Waals surface area contributed by atoms with Crippen LogP contribution in [-0.4, -0.2) is 64.0 Å². The van der Waals surface area contributed by atoms with Gasteiger partial charge in [-0.1, -0.05) is 13.0 Å². The Morgan fingerprint density at radius 2 is 2.04 bits per heavy atom. The third kappa shape index (κ3) is 3.68. The van der Waals surface area contributed by atoms with Crippen LogP contribution in [0.1, 0.15) is 48.8 Å². The SMILES string of the molecule is CCCN1CC2(CCN(C(=O)c3cccc(C)n3)CC2)C[C@H]1C(=O)O. The Kier molecular flexibility index (Phi) is 5.08. The lowest BCUT2D eigenvalue weighted by molar-refractivity contribution is -0.142. The van der Waals surface area contributed by atoms with Gasteiger partial charge >= 0.3 is 5.97 Å². The van der Waals surface area contributed by atoms with E-state index in [0.29, 0.717) is 25.2 Å². The van der Waals surface area contributed by atoms with Gasteiger partial charge in [-0.05, 0) is 56.7 Å². The summed E-state index contributed by atoms with van der Waals surface area (Å²) in [5.41, 5.74) is 1.38. The predicted octanol–water partition coefficient (Wildman–Crippen LogP) is 2.18. The third-order valence-corrected chi connectivity index (χ3v) is 5.62. The summed E-state index contributed by atoms with van der Waals surface area (Å²) in [5, 5.41) is 9.52. The number of aliphatic carboxylic acids is 1. The fourth-order valence-electron chi connectivity index (χ4n) is 4.28. The largest absolute Gasteiger partial charge is 0.480 e. The Hall–Kier alpha value is -1.95. The summed E-state index contributed by atoms with van der Waals surface area (Å²) in [5.74, 6) is -0.732. The Morgan fingerprint density at radius 1 is 1.32 bits per heavy atom. The molecule has 3 heterocycles. The van der Waals surface area contributed by atoms with Crippen molar-refractivity contribution < 1.29 is 14.7 Å². The maximum Gasteiger partial charge on any atom is 0.320 e. The smallest absolute Gasteiger partial charge is 0.320 e. The van der Waals surface area contributed by atoms with E-state index in [9.17, 15) is 14.7 Å². The third-order valence-electron chi connectivity index (χ3n) is 5.62. The van der Waals surface area contributed by atoms with Crippen LogP contribution in [0.5, 0.6) is 0 Å². The Bertz CT molecular complexity index is 653. The van der Waals surface area contributed by atoms with Crippen molar-refractivity contribution >= 4 is 11.9 Å². The highest BCUT2D eigenvalue weighted by Gasteiger charge is 2.48. The van der Waals surface area contributed by atoms with E-state index in [4.69, 9.17) is 0 Å². The molecule has 0 radical (unpaired) electrons. The van der Waals surface area contributed by atoms with Crippen molar-refractivity contribution in [3.8, 4) is 0 Å². The van der Waals surface area contributed by atoms with Gasteiger partial charge < -0.3 is 10.0 Å². The van der Waals surface area contributed by atoms with Gasteiger partial charge in [-0.3, -0.25) is 14.5 Å². The molecule has 0 saturated carbocycles. The lowest BCUT2D eigenvalue weighted by atomic mass is 9.76. The van der Waals surface area contributed by atoms with Gasteiger partial charge in [0.2, 0.25) is 0 Å². The molecule has 6 heteroatoms. The Morgan fingerprint density at radius 3 is 2.64 bits per heavy atom. The van der Waals surface area contributed by atoms with Crippen LogP contribution < -0.4 is 0 Å². The maximum atomic E-state index is 12.7. The van der Waals surface area contributed by atoms with Crippen molar-refractivity contribution in [2.45, 2.75) is 45.6 Å². The number of carboxylic acids is 1. The number of amides is 1. The number of piperidine rings is 1. The van der Waals surface area contributed by atoms with Crippen LogP contribution in [0.4, 0.5) is 0 Å². The second-order valence-electron chi connectivity index (χ2n) is 7.49. The van der Waals surface area contributed by atoms with E-state index in [2.05, 4.69) is 16.8 Å². The van der Waals surface area contributed by atoms with Gasteiger partial charge in [-0.15, -0.1) is 0 Å². The number of hydrogen-bond donors (Lipinski definition) is 1. The Balaban J connectivity index is 1.65. The molecular weight excluding hydrogens is 318 g/mol. The molecule has 0 aromatic carbocycles. The highest BCUT2D eigenvalue weighted by atomic mass is 16.4. The van der Waals surface area contributed by atoms with Crippen molar-refractivity contribution in [1.82, 2.24) is 14.8 Å². The van der Waals surface area contributed by atoms with Crippen molar-refractivity contribution in [3.05, 3.63) is 29.6 Å². The molecule has 2 aliphatic heterocycles. The summed E-state index contributed by atoms with van der Waals surface area (Å²) in [6, 6.07) is 5.13. The first-order valence-corrected chi connectivity index (χ1v) is 9.14. The first-order chi connectivity index (χ1) is 11.9. The molecule has 1 aromatic heterocycles. The fraction of sp³-hybridized carbons (Fsp3) is 0.632. The highest BCUT2D eigenvalue weighted by Crippen LogP contribution is 2.43. The molecule has 1 aromatic rings. The van der Waals surface area contributed by atoms with Gasteiger partial charge in [0.05, 0.1) is 0 Å². The minimum Gasteiger partial charge on any atom is -0.480 e. The molecule has 1 spiro atoms. The molecule has 136 valence electrons. The van der Waals surface area contributed by atoms with Gasteiger partial charge in [-0.2, -0.15) is 0 Å². The van der Waals surface area contributed by atoms with Crippen molar-refractivity contribution in [1.29, 1.82) is 0 Å². The van der Waals surface area contributed by atoms with Crippen molar-refractivity contribution in [3.63, 3.8) is 0 Å². The number of aryl methyl sites for hydroxylation is 1. The van der Waals surface area contributed by atoms with Gasteiger partial charge in [0.25, 0.3) is 5.91 Å². The van der Waals surface area contributed by atoms with Gasteiger partial charge in [-0.25, -0.2) is 4.98 Å². The van der Waals surface area contributed by atoms with E-state index in [-0.39, 0.29) is 17.4 Å². The van der Waals surface area contributed by atoms with E-state index in [1.807, 2.05) is 24.0 Å². The number of nitrogens with zero attached hydrogens (tertiary/aromatic N) is 3. The molecule has 0 bridgehead atoms. The second kappa shape index (κ2) is 7.12. The summed E-state index contributed by atoms with van der Waals surface area (Å²) < 4.78 is 0. The molecule has 2 fully saturated rings. The molecule has 0 unspecified atom stereocenters. The molecule has 1 atom stereocenters. The van der Waals surface area contributed by atoms with E-state index >= 15 is 0 Å². The number of pyridine rings is 1. The standard InChI is InChI=1S/C19H27N3O3/c1-3-9-22-13-19(12-16(22)18(24)25)7-10-21(11-8-19)17(23)15-6-4-5-14(2)20-15/h4-6,16H,3,7-13H2,1-2H3,(H,24,25)/t16-/m0/s1. The van der Waals surface area contributed by atoms with Crippen LogP contribution in [0.25, 0.3) is 0 Å². The number of carbonyl (C=O) groups is 2. The average molecular weight is 345 g/mol. The van der Waals surface area contributed by atoms with Crippen molar-refractivity contribution in [2.24, 2.45) is 5.41 Å². The summed E-state index contributed by atoms with van der Waals surface area (Å²) in [6.07, 6.45) is 3.40. The Labute approximate surface area is 148 Å². The highest BCUT2D eigenvalue weighted by molar-refractivity contribution is 5.92. The van der Waals surface area contributed by atoms with Crippen LogP contribution in [0, 0.1) is 12.3 Å². The number of carboxylic acid groups (broad SMARTS) is 1. The van der Waals surface area contributed by atoms with Crippen LogP contribution in [0.2, 0.25) is 0 Å². The van der Waals surface area contributed by atoms with Gasteiger partial charge in [0, 0.05) is 25.3 Å². The number of aromatic nitrogens is 1. The molecule has 1 amide bonds. The number of carbonyl (C=O) groups excluding carboxylic acids is 1. The minimum absolute atomic E-state index is 0.0169. The molecule has 6 nitrogen and oxygen atoms in total. The van der Waals surface area contributed by atoms with Crippen LogP contribution in [-0.2, 0) is 4.79 Å².